The molecule has 0 bridgehead atoms. The number of rotatable bonds is 3. The van der Waals surface area contributed by atoms with Gasteiger partial charge in [0.25, 0.3) is 0 Å². The second-order valence-corrected chi connectivity index (χ2v) is 3.90. The topological polar surface area (TPSA) is 74.8 Å². The molecular weight excluding hydrogens is 240 g/mol. The Morgan fingerprint density at radius 2 is 2.12 bits per heavy atom. The quantitative estimate of drug-likeness (QED) is 0.466. The van der Waals surface area contributed by atoms with Gasteiger partial charge in [-0.3, -0.25) is 0 Å². The molecule has 0 aliphatic heterocycles. The molecule has 2 aromatic rings. The summed E-state index contributed by atoms with van der Waals surface area (Å²) in [5, 5.41) is 8.16. The summed E-state index contributed by atoms with van der Waals surface area (Å²) in [6.07, 6.45) is 0. The number of nitrogens with zero attached hydrogens (tertiary/aromatic N) is 4. The molecule has 0 atom stereocenters. The second kappa shape index (κ2) is 4.91. The fourth-order valence-corrected chi connectivity index (χ4v) is 1.64. The molecule has 0 saturated heterocycles. The van der Waals surface area contributed by atoms with Crippen LogP contribution in [0.2, 0.25) is 5.02 Å². The van der Waals surface area contributed by atoms with Gasteiger partial charge in [0.1, 0.15) is 11.5 Å². The van der Waals surface area contributed by atoms with Crippen LogP contribution < -0.4 is 0 Å². The van der Waals surface area contributed by atoms with E-state index in [-0.39, 0.29) is 6.54 Å². The lowest BCUT2D eigenvalue weighted by Crippen LogP contribution is -1.86. The van der Waals surface area contributed by atoms with Crippen LogP contribution in [0.4, 0.5) is 0 Å². The van der Waals surface area contributed by atoms with Crippen LogP contribution in [0.5, 0.6) is 0 Å². The van der Waals surface area contributed by atoms with Gasteiger partial charge < -0.3 is 4.52 Å². The first-order chi connectivity index (χ1) is 8.22. The summed E-state index contributed by atoms with van der Waals surface area (Å²) in [7, 11) is 0. The van der Waals surface area contributed by atoms with Gasteiger partial charge in [0.05, 0.1) is 6.54 Å². The first-order valence-electron chi connectivity index (χ1n) is 4.94. The standard InChI is InChI=1S/C11H9ClN4O/c1-7-10(6-14-16-13)11(15-17-7)8-2-4-9(12)5-3-8/h2-5H,6H2,1H3. The molecule has 0 radical (unpaired) electrons. The van der Waals surface area contributed by atoms with Crippen molar-refractivity contribution in [3.63, 3.8) is 0 Å². The fourth-order valence-electron chi connectivity index (χ4n) is 1.51. The van der Waals surface area contributed by atoms with Gasteiger partial charge >= 0.3 is 0 Å². The monoisotopic (exact) mass is 248 g/mol. The van der Waals surface area contributed by atoms with Crippen molar-refractivity contribution in [1.29, 1.82) is 0 Å². The van der Waals surface area contributed by atoms with Crippen LogP contribution >= 0.6 is 11.6 Å². The largest absolute Gasteiger partial charge is 0.361 e. The number of hydrogen-bond donors (Lipinski definition) is 0. The molecule has 86 valence electrons. The van der Waals surface area contributed by atoms with E-state index in [0.717, 1.165) is 11.1 Å². The lowest BCUT2D eigenvalue weighted by atomic mass is 10.1. The Labute approximate surface area is 103 Å². The van der Waals surface area contributed by atoms with E-state index in [4.69, 9.17) is 21.7 Å². The molecule has 5 nitrogen and oxygen atoms in total. The van der Waals surface area contributed by atoms with Gasteiger partial charge in [0.2, 0.25) is 0 Å². The molecule has 17 heavy (non-hydrogen) atoms. The highest BCUT2D eigenvalue weighted by Crippen LogP contribution is 2.26. The van der Waals surface area contributed by atoms with E-state index < -0.39 is 0 Å². The van der Waals surface area contributed by atoms with Gasteiger partial charge in [-0.2, -0.15) is 0 Å². The van der Waals surface area contributed by atoms with Crippen molar-refractivity contribution in [1.82, 2.24) is 5.16 Å². The number of azide groups is 1. The van der Waals surface area contributed by atoms with E-state index in [1.165, 1.54) is 0 Å². The van der Waals surface area contributed by atoms with Gasteiger partial charge in [-0.1, -0.05) is 34.0 Å². The van der Waals surface area contributed by atoms with E-state index in [0.29, 0.717) is 16.5 Å². The van der Waals surface area contributed by atoms with E-state index in [2.05, 4.69) is 15.2 Å². The Bertz CT molecular complexity index is 570. The lowest BCUT2D eigenvalue weighted by Gasteiger charge is -1.99. The van der Waals surface area contributed by atoms with Gasteiger partial charge in [-0.15, -0.1) is 0 Å². The SMILES string of the molecule is Cc1onc(-c2ccc(Cl)cc2)c1CN=[N+]=[N-]. The maximum Gasteiger partial charge on any atom is 0.137 e. The second-order valence-electron chi connectivity index (χ2n) is 3.46. The maximum atomic E-state index is 8.34. The van der Waals surface area contributed by atoms with E-state index in [1.807, 2.05) is 12.1 Å². The maximum absolute atomic E-state index is 8.34. The van der Waals surface area contributed by atoms with E-state index in [1.54, 1.807) is 19.1 Å². The average molecular weight is 249 g/mol. The first kappa shape index (κ1) is 11.5. The number of hydrogen-bond acceptors (Lipinski definition) is 3. The summed E-state index contributed by atoms with van der Waals surface area (Å²) < 4.78 is 5.11. The van der Waals surface area contributed by atoms with Crippen molar-refractivity contribution in [2.75, 3.05) is 0 Å². The van der Waals surface area contributed by atoms with Gasteiger partial charge in [0.15, 0.2) is 0 Å². The Kier molecular flexibility index (Phi) is 3.32. The van der Waals surface area contributed by atoms with Gasteiger partial charge in [-0.05, 0) is 24.6 Å². The molecule has 0 N–H and O–H groups in total. The minimum Gasteiger partial charge on any atom is -0.361 e. The van der Waals surface area contributed by atoms with Crippen molar-refractivity contribution >= 4 is 11.6 Å². The Hall–Kier alpha value is -1.97. The molecule has 2 rings (SSSR count). The van der Waals surface area contributed by atoms with E-state index >= 15 is 0 Å². The zero-order valence-corrected chi connectivity index (χ0v) is 9.85. The van der Waals surface area contributed by atoms with Crippen molar-refractivity contribution in [3.8, 4) is 11.3 Å². The highest BCUT2D eigenvalue weighted by Gasteiger charge is 2.13. The highest BCUT2D eigenvalue weighted by atomic mass is 35.5. The Balaban J connectivity index is 2.44. The van der Waals surface area contributed by atoms with Crippen molar-refractivity contribution in [3.05, 3.63) is 51.1 Å². The molecular formula is C11H9ClN4O. The van der Waals surface area contributed by atoms with Gasteiger partial charge in [0, 0.05) is 21.1 Å². The van der Waals surface area contributed by atoms with Crippen molar-refractivity contribution < 1.29 is 4.52 Å². The molecule has 6 heteroatoms. The minimum absolute atomic E-state index is 0.226. The predicted octanol–water partition coefficient (Wildman–Crippen LogP) is 4.11. The Morgan fingerprint density at radius 3 is 2.76 bits per heavy atom. The zero-order valence-electron chi connectivity index (χ0n) is 9.09. The zero-order chi connectivity index (χ0) is 12.3. The molecule has 0 fully saturated rings. The summed E-state index contributed by atoms with van der Waals surface area (Å²) in [6, 6.07) is 7.24. The average Bonchev–Trinajstić information content (AvgIpc) is 2.69. The van der Waals surface area contributed by atoms with Crippen molar-refractivity contribution in [2.45, 2.75) is 13.5 Å². The minimum atomic E-state index is 0.226. The van der Waals surface area contributed by atoms with Crippen LogP contribution in [0.15, 0.2) is 33.9 Å². The summed E-state index contributed by atoms with van der Waals surface area (Å²) in [5.74, 6) is 0.655. The number of halogens is 1. The van der Waals surface area contributed by atoms with Crippen LogP contribution in [-0.2, 0) is 6.54 Å². The van der Waals surface area contributed by atoms with Crippen LogP contribution in [-0.4, -0.2) is 5.16 Å². The molecule has 0 amide bonds. The van der Waals surface area contributed by atoms with Crippen LogP contribution in [0, 0.1) is 6.92 Å². The van der Waals surface area contributed by atoms with Crippen molar-refractivity contribution in [2.24, 2.45) is 5.11 Å². The molecule has 1 heterocycles. The third-order valence-electron chi connectivity index (χ3n) is 2.39. The molecule has 0 spiro atoms. The van der Waals surface area contributed by atoms with Crippen LogP contribution in [0.3, 0.4) is 0 Å². The first-order valence-corrected chi connectivity index (χ1v) is 5.32. The van der Waals surface area contributed by atoms with Gasteiger partial charge in [-0.25, -0.2) is 0 Å². The number of benzene rings is 1. The highest BCUT2D eigenvalue weighted by molar-refractivity contribution is 6.30. The summed E-state index contributed by atoms with van der Waals surface area (Å²) >= 11 is 5.82. The summed E-state index contributed by atoms with van der Waals surface area (Å²) in [6.45, 7) is 2.01. The third-order valence-corrected chi connectivity index (χ3v) is 2.65. The molecule has 1 aromatic heterocycles. The van der Waals surface area contributed by atoms with Crippen LogP contribution in [0.1, 0.15) is 11.3 Å². The summed E-state index contributed by atoms with van der Waals surface area (Å²) in [5.41, 5.74) is 10.7. The molecule has 0 aliphatic rings. The van der Waals surface area contributed by atoms with Crippen LogP contribution in [0.25, 0.3) is 21.7 Å². The van der Waals surface area contributed by atoms with E-state index in [9.17, 15) is 0 Å². The molecule has 0 aliphatic carbocycles. The molecule has 0 unspecified atom stereocenters. The molecule has 0 saturated carbocycles. The fraction of sp³-hybridized carbons (Fsp3) is 0.182. The normalized spacial score (nSPS) is 10.0. The summed E-state index contributed by atoms with van der Waals surface area (Å²) in [4.78, 5) is 2.74. The lowest BCUT2D eigenvalue weighted by molar-refractivity contribution is 0.398. The third kappa shape index (κ3) is 2.41. The smallest absolute Gasteiger partial charge is 0.137 e. The number of aromatic nitrogens is 1. The Morgan fingerprint density at radius 1 is 1.41 bits per heavy atom. The number of aryl methyl sites for hydroxylation is 1. The predicted molar refractivity (Wildman–Crippen MR) is 64.5 cm³/mol. The molecule has 1 aromatic carbocycles.